The SMILES string of the molecule is CC(NCCN)c1cc(C(F)(F)F)n[nH]1. The van der Waals surface area contributed by atoms with E-state index in [-0.39, 0.29) is 6.04 Å². The minimum atomic E-state index is -4.40. The number of rotatable bonds is 4. The molecule has 0 aliphatic rings. The van der Waals surface area contributed by atoms with Crippen LogP contribution in [0.5, 0.6) is 0 Å². The van der Waals surface area contributed by atoms with Crippen LogP contribution in [0.15, 0.2) is 6.07 Å². The van der Waals surface area contributed by atoms with Crippen LogP contribution in [0.1, 0.15) is 24.4 Å². The third-order valence-electron chi connectivity index (χ3n) is 1.95. The summed E-state index contributed by atoms with van der Waals surface area (Å²) in [5.74, 6) is 0. The Morgan fingerprint density at radius 2 is 2.27 bits per heavy atom. The highest BCUT2D eigenvalue weighted by molar-refractivity contribution is 5.14. The summed E-state index contributed by atoms with van der Waals surface area (Å²) in [6.07, 6.45) is -4.40. The maximum Gasteiger partial charge on any atom is 0.435 e. The monoisotopic (exact) mass is 222 g/mol. The van der Waals surface area contributed by atoms with Crippen molar-refractivity contribution in [3.8, 4) is 0 Å². The molecule has 1 rings (SSSR count). The third kappa shape index (κ3) is 3.21. The lowest BCUT2D eigenvalue weighted by atomic mass is 10.2. The molecule has 0 aromatic carbocycles. The number of alkyl halides is 3. The fourth-order valence-corrected chi connectivity index (χ4v) is 1.11. The number of nitrogens with one attached hydrogen (secondary N) is 2. The summed E-state index contributed by atoms with van der Waals surface area (Å²) in [5.41, 5.74) is 4.76. The second-order valence-electron chi connectivity index (χ2n) is 3.17. The molecule has 0 fully saturated rings. The average molecular weight is 222 g/mol. The van der Waals surface area contributed by atoms with Crippen LogP contribution in [-0.4, -0.2) is 23.3 Å². The Morgan fingerprint density at radius 1 is 1.60 bits per heavy atom. The van der Waals surface area contributed by atoms with Crippen LogP contribution in [0.25, 0.3) is 0 Å². The van der Waals surface area contributed by atoms with Crippen molar-refractivity contribution in [2.75, 3.05) is 13.1 Å². The molecule has 0 saturated heterocycles. The van der Waals surface area contributed by atoms with Crippen molar-refractivity contribution in [2.45, 2.75) is 19.1 Å². The van der Waals surface area contributed by atoms with Crippen LogP contribution < -0.4 is 11.1 Å². The van der Waals surface area contributed by atoms with Gasteiger partial charge < -0.3 is 11.1 Å². The largest absolute Gasteiger partial charge is 0.435 e. The van der Waals surface area contributed by atoms with Gasteiger partial charge in [-0.1, -0.05) is 0 Å². The standard InChI is InChI=1S/C8H13F3N4/c1-5(13-3-2-12)6-4-7(15-14-6)8(9,10)11/h4-5,13H,2-3,12H2,1H3,(H,14,15). The lowest BCUT2D eigenvalue weighted by Gasteiger charge is -2.09. The van der Waals surface area contributed by atoms with E-state index >= 15 is 0 Å². The van der Waals surface area contributed by atoms with Gasteiger partial charge in [-0.15, -0.1) is 0 Å². The van der Waals surface area contributed by atoms with E-state index in [1.165, 1.54) is 0 Å². The van der Waals surface area contributed by atoms with E-state index in [4.69, 9.17) is 5.73 Å². The first kappa shape index (κ1) is 12.0. The zero-order chi connectivity index (χ0) is 11.5. The smallest absolute Gasteiger partial charge is 0.329 e. The molecule has 0 bridgehead atoms. The topological polar surface area (TPSA) is 66.7 Å². The van der Waals surface area contributed by atoms with E-state index < -0.39 is 11.9 Å². The number of aromatic amines is 1. The first-order valence-corrected chi connectivity index (χ1v) is 4.51. The number of nitrogens with two attached hydrogens (primary N) is 1. The number of hydrogen-bond acceptors (Lipinski definition) is 3. The highest BCUT2D eigenvalue weighted by atomic mass is 19.4. The van der Waals surface area contributed by atoms with Crippen LogP contribution in [0.3, 0.4) is 0 Å². The molecule has 4 N–H and O–H groups in total. The quantitative estimate of drug-likeness (QED) is 0.713. The van der Waals surface area contributed by atoms with Gasteiger partial charge in [0.25, 0.3) is 0 Å². The molecule has 0 radical (unpaired) electrons. The van der Waals surface area contributed by atoms with Crippen molar-refractivity contribution in [3.63, 3.8) is 0 Å². The summed E-state index contributed by atoms with van der Waals surface area (Å²) < 4.78 is 36.6. The Hall–Kier alpha value is -1.08. The Labute approximate surface area is 85.0 Å². The van der Waals surface area contributed by atoms with Gasteiger partial charge in [0.05, 0.1) is 5.69 Å². The minimum absolute atomic E-state index is 0.225. The molecule has 86 valence electrons. The fraction of sp³-hybridized carbons (Fsp3) is 0.625. The zero-order valence-electron chi connectivity index (χ0n) is 8.23. The summed E-state index contributed by atoms with van der Waals surface area (Å²) in [6, 6.07) is 0.769. The first-order valence-electron chi connectivity index (χ1n) is 4.51. The van der Waals surface area contributed by atoms with Crippen LogP contribution in [-0.2, 0) is 6.18 Å². The summed E-state index contributed by atoms with van der Waals surface area (Å²) in [7, 11) is 0. The molecule has 4 nitrogen and oxygen atoms in total. The molecule has 0 spiro atoms. The van der Waals surface area contributed by atoms with E-state index in [9.17, 15) is 13.2 Å². The number of halogens is 3. The average Bonchev–Trinajstić information content (AvgIpc) is 2.62. The lowest BCUT2D eigenvalue weighted by molar-refractivity contribution is -0.141. The summed E-state index contributed by atoms with van der Waals surface area (Å²) >= 11 is 0. The van der Waals surface area contributed by atoms with E-state index in [0.717, 1.165) is 6.07 Å². The second kappa shape index (κ2) is 4.63. The fourth-order valence-electron chi connectivity index (χ4n) is 1.11. The molecular weight excluding hydrogens is 209 g/mol. The van der Waals surface area contributed by atoms with Gasteiger partial charge in [0.15, 0.2) is 5.69 Å². The van der Waals surface area contributed by atoms with E-state index in [0.29, 0.717) is 18.8 Å². The maximum atomic E-state index is 12.2. The molecule has 1 aromatic rings. The van der Waals surface area contributed by atoms with E-state index in [2.05, 4.69) is 15.5 Å². The van der Waals surface area contributed by atoms with Gasteiger partial charge in [-0.25, -0.2) is 0 Å². The van der Waals surface area contributed by atoms with Crippen molar-refractivity contribution >= 4 is 0 Å². The molecule has 0 amide bonds. The summed E-state index contributed by atoms with van der Waals surface area (Å²) in [6.45, 7) is 2.72. The second-order valence-corrected chi connectivity index (χ2v) is 3.17. The molecule has 1 atom stereocenters. The van der Waals surface area contributed by atoms with Gasteiger partial charge in [0.1, 0.15) is 0 Å². The van der Waals surface area contributed by atoms with Gasteiger partial charge in [-0.05, 0) is 13.0 Å². The Kier molecular flexibility index (Phi) is 3.70. The highest BCUT2D eigenvalue weighted by Crippen LogP contribution is 2.28. The molecule has 0 aliphatic heterocycles. The third-order valence-corrected chi connectivity index (χ3v) is 1.95. The highest BCUT2D eigenvalue weighted by Gasteiger charge is 2.34. The minimum Gasteiger partial charge on any atom is -0.329 e. The lowest BCUT2D eigenvalue weighted by Crippen LogP contribution is -2.25. The van der Waals surface area contributed by atoms with Gasteiger partial charge in [0, 0.05) is 19.1 Å². The normalized spacial score (nSPS) is 14.2. The van der Waals surface area contributed by atoms with Crippen LogP contribution in [0.4, 0.5) is 13.2 Å². The zero-order valence-corrected chi connectivity index (χ0v) is 8.23. The molecular formula is C8H13F3N4. The molecule has 0 saturated carbocycles. The van der Waals surface area contributed by atoms with Gasteiger partial charge in [-0.3, -0.25) is 5.10 Å². The molecule has 1 aromatic heterocycles. The Balaban J connectivity index is 2.67. The van der Waals surface area contributed by atoms with Gasteiger partial charge in [-0.2, -0.15) is 18.3 Å². The number of aromatic nitrogens is 2. The predicted molar refractivity (Wildman–Crippen MR) is 49.1 cm³/mol. The number of H-pyrrole nitrogens is 1. The van der Waals surface area contributed by atoms with Crippen molar-refractivity contribution in [1.82, 2.24) is 15.5 Å². The van der Waals surface area contributed by atoms with Crippen LogP contribution in [0.2, 0.25) is 0 Å². The van der Waals surface area contributed by atoms with Crippen molar-refractivity contribution < 1.29 is 13.2 Å². The van der Waals surface area contributed by atoms with Crippen LogP contribution >= 0.6 is 0 Å². The predicted octanol–water partition coefficient (Wildman–Crippen LogP) is 1.04. The molecule has 1 unspecified atom stereocenters. The van der Waals surface area contributed by atoms with E-state index in [1.807, 2.05) is 0 Å². The Bertz CT molecular complexity index is 307. The summed E-state index contributed by atoms with van der Waals surface area (Å²) in [4.78, 5) is 0. The van der Waals surface area contributed by atoms with E-state index in [1.54, 1.807) is 6.92 Å². The number of nitrogens with zero attached hydrogens (tertiary/aromatic N) is 1. The summed E-state index contributed by atoms with van der Waals surface area (Å²) in [5, 5.41) is 8.49. The molecule has 0 aliphatic carbocycles. The molecule has 1 heterocycles. The molecule has 15 heavy (non-hydrogen) atoms. The van der Waals surface area contributed by atoms with Gasteiger partial charge in [0.2, 0.25) is 0 Å². The van der Waals surface area contributed by atoms with Crippen molar-refractivity contribution in [2.24, 2.45) is 5.73 Å². The van der Waals surface area contributed by atoms with Gasteiger partial charge >= 0.3 is 6.18 Å². The van der Waals surface area contributed by atoms with Crippen molar-refractivity contribution in [1.29, 1.82) is 0 Å². The molecule has 7 heteroatoms. The maximum absolute atomic E-state index is 12.2. The Morgan fingerprint density at radius 3 is 2.73 bits per heavy atom. The first-order chi connectivity index (χ1) is 6.95. The van der Waals surface area contributed by atoms with Crippen molar-refractivity contribution in [3.05, 3.63) is 17.5 Å². The number of hydrogen-bond donors (Lipinski definition) is 3. The van der Waals surface area contributed by atoms with Crippen LogP contribution in [0, 0.1) is 0 Å².